The molecule has 16 nitrogen and oxygen atoms in total. The molecule has 0 saturated carbocycles. The molecule has 0 amide bonds. The molecule has 0 aromatic carbocycles. The van der Waals surface area contributed by atoms with E-state index in [4.69, 9.17) is 32.3 Å². The van der Waals surface area contributed by atoms with E-state index in [1.54, 1.807) is 0 Å². The molecule has 0 radical (unpaired) electrons. The summed E-state index contributed by atoms with van der Waals surface area (Å²) in [6.45, 7) is 2.39. The zero-order valence-electron chi connectivity index (χ0n) is 65.6. The maximum absolute atomic E-state index is 13.0. The van der Waals surface area contributed by atoms with Gasteiger partial charge in [-0.3, -0.25) is 32.5 Å². The number of esters is 3. The first-order chi connectivity index (χ1) is 51.2. The van der Waals surface area contributed by atoms with E-state index in [1.165, 1.54) is 96.3 Å². The average molecular weight is 1510 g/mol. The van der Waals surface area contributed by atoms with Crippen LogP contribution in [0.5, 0.6) is 0 Å². The van der Waals surface area contributed by atoms with Gasteiger partial charge in [-0.2, -0.15) is 0 Å². The maximum Gasteiger partial charge on any atom is 0.472 e. The van der Waals surface area contributed by atoms with Crippen LogP contribution in [0, 0.1) is 0 Å². The molecule has 0 aliphatic rings. The highest BCUT2D eigenvalue weighted by molar-refractivity contribution is 7.47. The van der Waals surface area contributed by atoms with Gasteiger partial charge in [0.05, 0.1) is 26.4 Å². The molecule has 0 aliphatic carbocycles. The average Bonchev–Trinajstić information content (AvgIpc) is 0.911. The van der Waals surface area contributed by atoms with Crippen molar-refractivity contribution < 1.29 is 75.8 Å². The Labute approximate surface area is 638 Å². The van der Waals surface area contributed by atoms with E-state index in [2.05, 4.69) is 179 Å². The lowest BCUT2D eigenvalue weighted by atomic mass is 10.0. The molecule has 105 heavy (non-hydrogen) atoms. The Hall–Kier alpha value is -4.83. The molecular weight excluding hydrogens is 1360 g/mol. The van der Waals surface area contributed by atoms with Crippen LogP contribution in [-0.4, -0.2) is 95.9 Å². The Kier molecular flexibility index (Phi) is 75.1. The Morgan fingerprint density at radius 1 is 0.276 bits per heavy atom. The number of carbonyl (C=O) groups excluding carboxylic acids is 3. The summed E-state index contributed by atoms with van der Waals surface area (Å²) in [5.74, 6) is -1.61. The summed E-state index contributed by atoms with van der Waals surface area (Å²) in [6.07, 6.45) is 98.5. The summed E-state index contributed by atoms with van der Waals surface area (Å²) in [5, 5.41) is 20.7. The van der Waals surface area contributed by atoms with E-state index in [0.717, 1.165) is 161 Å². The van der Waals surface area contributed by atoms with Gasteiger partial charge in [0.1, 0.15) is 25.4 Å². The number of phosphoric acid groups is 2. The Bertz CT molecular complexity index is 2540. The lowest BCUT2D eigenvalue weighted by Crippen LogP contribution is -2.30. The minimum Gasteiger partial charge on any atom is -0.463 e. The second kappa shape index (κ2) is 78.7. The number of allylic oxidation sites excluding steroid dienone is 26. The number of phosphoric ester groups is 2. The molecule has 0 bridgehead atoms. The van der Waals surface area contributed by atoms with Crippen molar-refractivity contribution in [3.63, 3.8) is 0 Å². The van der Waals surface area contributed by atoms with E-state index in [0.29, 0.717) is 19.3 Å². The molecule has 5 unspecified atom stereocenters. The van der Waals surface area contributed by atoms with Crippen LogP contribution in [0.1, 0.15) is 316 Å². The van der Waals surface area contributed by atoms with Crippen molar-refractivity contribution in [2.24, 2.45) is 0 Å². The van der Waals surface area contributed by atoms with Crippen LogP contribution in [0.25, 0.3) is 0 Å². The summed E-state index contributed by atoms with van der Waals surface area (Å²) in [7, 11) is -9.81. The predicted molar refractivity (Wildman–Crippen MR) is 435 cm³/mol. The van der Waals surface area contributed by atoms with Gasteiger partial charge in [0, 0.05) is 19.3 Å². The Morgan fingerprint density at radius 2 is 0.505 bits per heavy atom. The largest absolute Gasteiger partial charge is 0.472 e. The first-order valence-corrected chi connectivity index (χ1v) is 43.8. The van der Waals surface area contributed by atoms with Crippen molar-refractivity contribution in [3.05, 3.63) is 158 Å². The standard InChI is InChI=1S/C87H146O16P2/c1-4-7-10-13-16-19-22-25-28-31-33-35-37-39-40-42-44-45-47-50-52-55-58-61-64-67-70-73-85(90)97-76-82(88)77-99-104(93,94)100-78-83(89)79-101-105(95,96)102-81-84(103-87(92)75-72-69-66-63-60-57-54-49-30-27-24-21-18-15-12-9-6-3)80-98-86(91)74-71-68-65-62-59-56-53-51-48-46-43-41-38-36-34-32-29-26-23-20-17-14-11-8-5-2/h7,9-10,12,16-21,25-30,33-36,39-41,43,54,57,82-84,88-89H,4-6,8,11,13-15,22-24,31-32,37-38,42,44-53,55-56,58-81H2,1-3H3,(H,93,94)(H,95,96)/b10-7-,12-9-,19-16-,20-17-,21-18-,28-25-,29-26-,30-27-,35-33-,36-34-,40-39-,43-41-,57-54-. The third-order valence-electron chi connectivity index (χ3n) is 16.7. The number of ether oxygens (including phenoxy) is 3. The van der Waals surface area contributed by atoms with E-state index in [-0.39, 0.29) is 19.3 Å². The third-order valence-corrected chi connectivity index (χ3v) is 18.6. The van der Waals surface area contributed by atoms with Crippen molar-refractivity contribution in [3.8, 4) is 0 Å². The molecule has 0 aromatic heterocycles. The lowest BCUT2D eigenvalue weighted by molar-refractivity contribution is -0.161. The minimum absolute atomic E-state index is 0.0707. The van der Waals surface area contributed by atoms with Crippen LogP contribution in [0.15, 0.2) is 158 Å². The lowest BCUT2D eigenvalue weighted by Gasteiger charge is -2.21. The highest BCUT2D eigenvalue weighted by Gasteiger charge is 2.29. The molecule has 0 aliphatic heterocycles. The van der Waals surface area contributed by atoms with E-state index in [9.17, 15) is 43.5 Å². The zero-order valence-corrected chi connectivity index (χ0v) is 67.4. The molecule has 0 saturated heterocycles. The molecule has 18 heteroatoms. The highest BCUT2D eigenvalue weighted by Crippen LogP contribution is 2.45. The number of hydrogen-bond acceptors (Lipinski definition) is 14. The van der Waals surface area contributed by atoms with E-state index < -0.39 is 91.5 Å². The Morgan fingerprint density at radius 3 is 0.800 bits per heavy atom. The summed E-state index contributed by atoms with van der Waals surface area (Å²) < 4.78 is 61.2. The number of rotatable bonds is 76. The van der Waals surface area contributed by atoms with Crippen LogP contribution in [0.3, 0.4) is 0 Å². The molecule has 0 heterocycles. The number of carbonyl (C=O) groups is 3. The molecule has 4 N–H and O–H groups in total. The van der Waals surface area contributed by atoms with Crippen molar-refractivity contribution in [2.75, 3.05) is 39.6 Å². The molecule has 0 rings (SSSR count). The number of unbranched alkanes of at least 4 members (excludes halogenated alkanes) is 27. The van der Waals surface area contributed by atoms with Crippen molar-refractivity contribution in [1.29, 1.82) is 0 Å². The fraction of sp³-hybridized carbons (Fsp3) is 0.667. The summed E-state index contributed by atoms with van der Waals surface area (Å²) in [5.41, 5.74) is 0. The van der Waals surface area contributed by atoms with Crippen LogP contribution in [0.4, 0.5) is 0 Å². The van der Waals surface area contributed by atoms with Crippen molar-refractivity contribution in [2.45, 2.75) is 334 Å². The molecule has 600 valence electrons. The SMILES string of the molecule is CC/C=C\C/C=C\C/C=C\C/C=C\C/C=C\CCCCCCCCCCCCCC(=O)OCC(O)COP(=O)(O)OCC(O)COP(=O)(O)OCC(COC(=O)CCCCCCCCCCC/C=C\C/C=C\C/C=C\C/C=C\CCCCC)OC(=O)CCCCCC/C=C\C/C=C\C/C=C\C/C=C\CC. The zero-order chi connectivity index (χ0) is 76.6. The van der Waals surface area contributed by atoms with Crippen LogP contribution >= 0.6 is 15.6 Å². The predicted octanol–water partition coefficient (Wildman–Crippen LogP) is 24.2. The summed E-state index contributed by atoms with van der Waals surface area (Å²) >= 11 is 0. The van der Waals surface area contributed by atoms with Gasteiger partial charge in [0.2, 0.25) is 0 Å². The molecule has 5 atom stereocenters. The van der Waals surface area contributed by atoms with Gasteiger partial charge in [0.25, 0.3) is 0 Å². The first-order valence-electron chi connectivity index (χ1n) is 40.8. The first kappa shape index (κ1) is 100. The van der Waals surface area contributed by atoms with Crippen LogP contribution in [-0.2, 0) is 55.8 Å². The van der Waals surface area contributed by atoms with Crippen molar-refractivity contribution >= 4 is 33.6 Å². The van der Waals surface area contributed by atoms with Gasteiger partial charge in [-0.05, 0) is 148 Å². The smallest absolute Gasteiger partial charge is 0.463 e. The molecule has 0 spiro atoms. The van der Waals surface area contributed by atoms with Gasteiger partial charge >= 0.3 is 33.6 Å². The number of hydrogen-bond donors (Lipinski definition) is 4. The third kappa shape index (κ3) is 80.0. The number of aliphatic hydroxyl groups excluding tert-OH is 2. The maximum atomic E-state index is 13.0. The molecule has 0 fully saturated rings. The van der Waals surface area contributed by atoms with Gasteiger partial charge < -0.3 is 34.2 Å². The Balaban J connectivity index is 4.63. The molecule has 0 aromatic rings. The minimum atomic E-state index is -4.95. The van der Waals surface area contributed by atoms with E-state index >= 15 is 0 Å². The van der Waals surface area contributed by atoms with Crippen LogP contribution in [0.2, 0.25) is 0 Å². The topological polar surface area (TPSA) is 231 Å². The fourth-order valence-corrected chi connectivity index (χ4v) is 12.2. The monoisotopic (exact) mass is 1510 g/mol. The summed E-state index contributed by atoms with van der Waals surface area (Å²) in [4.78, 5) is 58.8. The van der Waals surface area contributed by atoms with Gasteiger partial charge in [-0.15, -0.1) is 0 Å². The second-order valence-corrected chi connectivity index (χ2v) is 29.7. The van der Waals surface area contributed by atoms with Crippen LogP contribution < -0.4 is 0 Å². The fourth-order valence-electron chi connectivity index (χ4n) is 10.6. The van der Waals surface area contributed by atoms with Gasteiger partial charge in [0.15, 0.2) is 6.10 Å². The second-order valence-electron chi connectivity index (χ2n) is 26.8. The normalized spacial score (nSPS) is 14.8. The number of aliphatic hydroxyl groups is 2. The van der Waals surface area contributed by atoms with E-state index in [1.807, 2.05) is 0 Å². The highest BCUT2D eigenvalue weighted by atomic mass is 31.2. The molecular formula is C87H146O16P2. The van der Waals surface area contributed by atoms with Gasteiger partial charge in [-0.1, -0.05) is 307 Å². The summed E-state index contributed by atoms with van der Waals surface area (Å²) in [6, 6.07) is 0. The van der Waals surface area contributed by atoms with Crippen molar-refractivity contribution in [1.82, 2.24) is 0 Å². The quantitative estimate of drug-likeness (QED) is 0.0146. The van der Waals surface area contributed by atoms with Gasteiger partial charge in [-0.25, -0.2) is 9.13 Å².